The van der Waals surface area contributed by atoms with Crippen LogP contribution in [-0.4, -0.2) is 43.2 Å². The van der Waals surface area contributed by atoms with E-state index in [-0.39, 0.29) is 6.04 Å². The Morgan fingerprint density at radius 3 is 2.44 bits per heavy atom. The molecule has 0 aromatic rings. The van der Waals surface area contributed by atoms with E-state index < -0.39 is 33.7 Å². The van der Waals surface area contributed by atoms with Gasteiger partial charge in [0.05, 0.1) is 6.04 Å². The van der Waals surface area contributed by atoms with Gasteiger partial charge < -0.3 is 10.4 Å². The summed E-state index contributed by atoms with van der Waals surface area (Å²) in [5, 5.41) is 11.0. The van der Waals surface area contributed by atoms with E-state index in [1.807, 2.05) is 4.72 Å². The number of hydrogen-bond acceptors (Lipinski definition) is 4. The van der Waals surface area contributed by atoms with Crippen molar-refractivity contribution in [2.45, 2.75) is 31.8 Å². The molecule has 0 aliphatic heterocycles. The molecule has 0 saturated heterocycles. The monoisotopic (exact) mass is 250 g/mol. The molecule has 1 rings (SSSR count). The Morgan fingerprint density at radius 1 is 1.44 bits per heavy atom. The SMILES string of the molecule is CC(NS(=O)(=O)CC(=O)O)C(=O)NC1CC1. The lowest BCUT2D eigenvalue weighted by atomic mass is 10.3. The Kier molecular flexibility index (Phi) is 3.87. The molecule has 1 amide bonds. The Labute approximate surface area is 93.3 Å². The topological polar surface area (TPSA) is 113 Å². The molecular weight excluding hydrogens is 236 g/mol. The van der Waals surface area contributed by atoms with Gasteiger partial charge in [0.1, 0.15) is 0 Å². The lowest BCUT2D eigenvalue weighted by Gasteiger charge is -2.12. The fourth-order valence-electron chi connectivity index (χ4n) is 1.08. The van der Waals surface area contributed by atoms with E-state index in [9.17, 15) is 18.0 Å². The summed E-state index contributed by atoms with van der Waals surface area (Å²) >= 11 is 0. The van der Waals surface area contributed by atoms with Crippen LogP contribution in [0.3, 0.4) is 0 Å². The van der Waals surface area contributed by atoms with Crippen molar-refractivity contribution in [3.8, 4) is 0 Å². The van der Waals surface area contributed by atoms with Gasteiger partial charge in [0.2, 0.25) is 15.9 Å². The van der Waals surface area contributed by atoms with Crippen LogP contribution in [0.4, 0.5) is 0 Å². The Morgan fingerprint density at radius 2 is 2.00 bits per heavy atom. The van der Waals surface area contributed by atoms with E-state index >= 15 is 0 Å². The molecule has 0 aromatic heterocycles. The number of aliphatic carboxylic acids is 1. The van der Waals surface area contributed by atoms with Crippen LogP contribution in [0.2, 0.25) is 0 Å². The van der Waals surface area contributed by atoms with Crippen LogP contribution < -0.4 is 10.0 Å². The summed E-state index contributed by atoms with van der Waals surface area (Å²) in [6.45, 7) is 1.37. The zero-order valence-electron chi connectivity index (χ0n) is 8.76. The van der Waals surface area contributed by atoms with Crippen molar-refractivity contribution < 1.29 is 23.1 Å². The van der Waals surface area contributed by atoms with Gasteiger partial charge in [0.25, 0.3) is 0 Å². The third kappa shape index (κ3) is 4.58. The second-order valence-corrected chi connectivity index (χ2v) is 5.53. The van der Waals surface area contributed by atoms with Crippen molar-refractivity contribution in [3.63, 3.8) is 0 Å². The number of carbonyl (C=O) groups is 2. The highest BCUT2D eigenvalue weighted by molar-refractivity contribution is 7.90. The van der Waals surface area contributed by atoms with E-state index in [4.69, 9.17) is 5.11 Å². The summed E-state index contributed by atoms with van der Waals surface area (Å²) in [7, 11) is -3.95. The summed E-state index contributed by atoms with van der Waals surface area (Å²) in [5.41, 5.74) is 0. The van der Waals surface area contributed by atoms with Gasteiger partial charge in [-0.15, -0.1) is 0 Å². The number of sulfonamides is 1. The number of nitrogens with one attached hydrogen (secondary N) is 2. The summed E-state index contributed by atoms with van der Waals surface area (Å²) in [6.07, 6.45) is 1.81. The number of amides is 1. The van der Waals surface area contributed by atoms with Gasteiger partial charge in [0, 0.05) is 6.04 Å². The Hall–Kier alpha value is -1.15. The summed E-state index contributed by atoms with van der Waals surface area (Å²) in [6, 6.07) is -0.816. The quantitative estimate of drug-likeness (QED) is 0.540. The minimum Gasteiger partial charge on any atom is -0.480 e. The molecule has 7 nitrogen and oxygen atoms in total. The highest BCUT2D eigenvalue weighted by Crippen LogP contribution is 2.18. The Balaban J connectivity index is 2.45. The average Bonchev–Trinajstić information content (AvgIpc) is 2.84. The standard InChI is InChI=1S/C8H14N2O5S/c1-5(8(13)9-6-2-3-6)10-16(14,15)4-7(11)12/h5-6,10H,2-4H2,1H3,(H,9,13)(H,11,12). The number of carboxylic acid groups (broad SMARTS) is 1. The lowest BCUT2D eigenvalue weighted by molar-refractivity contribution is -0.134. The second-order valence-electron chi connectivity index (χ2n) is 3.78. The predicted octanol–water partition coefficient (Wildman–Crippen LogP) is -1.34. The highest BCUT2D eigenvalue weighted by Gasteiger charge is 2.28. The molecule has 0 bridgehead atoms. The molecule has 92 valence electrons. The average molecular weight is 250 g/mol. The number of carboxylic acids is 1. The van der Waals surface area contributed by atoms with Gasteiger partial charge in [-0.05, 0) is 19.8 Å². The van der Waals surface area contributed by atoms with Gasteiger partial charge in [-0.2, -0.15) is 0 Å². The van der Waals surface area contributed by atoms with E-state index in [0.717, 1.165) is 12.8 Å². The van der Waals surface area contributed by atoms with Crippen LogP contribution in [-0.2, 0) is 19.6 Å². The zero-order chi connectivity index (χ0) is 12.3. The summed E-state index contributed by atoms with van der Waals surface area (Å²) in [4.78, 5) is 21.6. The lowest BCUT2D eigenvalue weighted by Crippen LogP contribution is -2.46. The molecule has 0 aromatic carbocycles. The van der Waals surface area contributed by atoms with Crippen LogP contribution in [0.1, 0.15) is 19.8 Å². The number of hydrogen-bond donors (Lipinski definition) is 3. The van der Waals surface area contributed by atoms with E-state index in [1.54, 1.807) is 0 Å². The maximum Gasteiger partial charge on any atom is 0.320 e. The van der Waals surface area contributed by atoms with Crippen LogP contribution >= 0.6 is 0 Å². The largest absolute Gasteiger partial charge is 0.480 e. The highest BCUT2D eigenvalue weighted by atomic mass is 32.2. The normalized spacial score (nSPS) is 17.8. The van der Waals surface area contributed by atoms with Crippen molar-refractivity contribution in [2.75, 3.05) is 5.75 Å². The van der Waals surface area contributed by atoms with E-state index in [1.165, 1.54) is 6.92 Å². The van der Waals surface area contributed by atoms with Crippen LogP contribution in [0, 0.1) is 0 Å². The smallest absolute Gasteiger partial charge is 0.320 e. The second kappa shape index (κ2) is 4.79. The number of carbonyl (C=O) groups excluding carboxylic acids is 1. The van der Waals surface area contributed by atoms with Gasteiger partial charge in [-0.25, -0.2) is 13.1 Å². The molecule has 0 heterocycles. The van der Waals surface area contributed by atoms with Gasteiger partial charge in [-0.3, -0.25) is 9.59 Å². The van der Waals surface area contributed by atoms with Crippen molar-refractivity contribution in [3.05, 3.63) is 0 Å². The van der Waals surface area contributed by atoms with E-state index in [2.05, 4.69) is 5.32 Å². The van der Waals surface area contributed by atoms with Crippen molar-refractivity contribution >= 4 is 21.9 Å². The summed E-state index contributed by atoms with van der Waals surface area (Å²) < 4.78 is 24.4. The number of rotatable bonds is 6. The van der Waals surface area contributed by atoms with Crippen molar-refractivity contribution in [1.82, 2.24) is 10.0 Å². The van der Waals surface area contributed by atoms with E-state index in [0.29, 0.717) is 0 Å². The van der Waals surface area contributed by atoms with Crippen molar-refractivity contribution in [1.29, 1.82) is 0 Å². The van der Waals surface area contributed by atoms with Crippen LogP contribution in [0.5, 0.6) is 0 Å². The maximum absolute atomic E-state index is 11.4. The third-order valence-electron chi connectivity index (χ3n) is 1.99. The molecular formula is C8H14N2O5S. The first-order valence-corrected chi connectivity index (χ1v) is 6.47. The zero-order valence-corrected chi connectivity index (χ0v) is 9.58. The molecule has 1 saturated carbocycles. The van der Waals surface area contributed by atoms with Gasteiger partial charge in [-0.1, -0.05) is 0 Å². The van der Waals surface area contributed by atoms with Gasteiger partial charge in [0.15, 0.2) is 5.75 Å². The molecule has 0 radical (unpaired) electrons. The first-order valence-electron chi connectivity index (χ1n) is 4.82. The van der Waals surface area contributed by atoms with Gasteiger partial charge >= 0.3 is 5.97 Å². The first-order chi connectivity index (χ1) is 7.30. The van der Waals surface area contributed by atoms with Crippen molar-refractivity contribution in [2.24, 2.45) is 0 Å². The fraction of sp³-hybridized carbons (Fsp3) is 0.750. The molecule has 1 unspecified atom stereocenters. The van der Waals surface area contributed by atoms with Crippen LogP contribution in [0.15, 0.2) is 0 Å². The molecule has 1 aliphatic carbocycles. The van der Waals surface area contributed by atoms with Crippen LogP contribution in [0.25, 0.3) is 0 Å². The maximum atomic E-state index is 11.4. The molecule has 1 fully saturated rings. The molecule has 1 atom stereocenters. The molecule has 1 aliphatic rings. The summed E-state index contributed by atoms with van der Waals surface area (Å²) in [5.74, 6) is -2.92. The Bertz CT molecular complexity index is 387. The fourth-order valence-corrected chi connectivity index (χ4v) is 2.14. The minimum atomic E-state index is -3.95. The predicted molar refractivity (Wildman–Crippen MR) is 55.2 cm³/mol. The molecule has 0 spiro atoms. The first kappa shape index (κ1) is 12.9. The minimum absolute atomic E-state index is 0.138. The molecule has 16 heavy (non-hydrogen) atoms. The molecule has 3 N–H and O–H groups in total. The molecule has 8 heteroatoms. The third-order valence-corrected chi connectivity index (χ3v) is 3.33.